The fourth-order valence-corrected chi connectivity index (χ4v) is 5.80. The summed E-state index contributed by atoms with van der Waals surface area (Å²) in [5.41, 5.74) is 4.25. The number of methoxy groups -OCH3 is 1. The molecule has 0 aliphatic rings. The van der Waals surface area contributed by atoms with Crippen LogP contribution in [0.5, 0.6) is 17.2 Å². The van der Waals surface area contributed by atoms with E-state index in [4.69, 9.17) is 9.47 Å². The highest BCUT2D eigenvalue weighted by Gasteiger charge is 2.26. The van der Waals surface area contributed by atoms with Crippen LogP contribution in [0.15, 0.2) is 101 Å². The molecule has 0 radical (unpaired) electrons. The number of hydrogen-bond donors (Lipinski definition) is 0. The molecule has 0 spiro atoms. The summed E-state index contributed by atoms with van der Waals surface area (Å²) in [7, 11) is 4.52. The summed E-state index contributed by atoms with van der Waals surface area (Å²) in [6.45, 7) is 7.13. The molecule has 0 heterocycles. The zero-order valence-corrected chi connectivity index (χ0v) is 25.1. The lowest BCUT2D eigenvalue weighted by Gasteiger charge is -2.29. The van der Waals surface area contributed by atoms with E-state index >= 15 is 0 Å². The molecule has 0 amide bonds. The van der Waals surface area contributed by atoms with E-state index in [1.807, 2.05) is 25.1 Å². The molecule has 0 bridgehead atoms. The first-order valence-electron chi connectivity index (χ1n) is 13.0. The van der Waals surface area contributed by atoms with Gasteiger partial charge in [0.15, 0.2) is 0 Å². The molecule has 1 N–H and O–H groups in total. The van der Waals surface area contributed by atoms with Gasteiger partial charge in [-0.15, -0.1) is 0 Å². The summed E-state index contributed by atoms with van der Waals surface area (Å²) >= 11 is 0. The maximum Gasteiger partial charge on any atom is 0.206 e. The molecule has 0 aliphatic heterocycles. The molecule has 0 saturated carbocycles. The molecule has 4 rings (SSSR count). The Bertz CT molecular complexity index is 1530. The van der Waals surface area contributed by atoms with Gasteiger partial charge in [-0.3, -0.25) is 0 Å². The van der Waals surface area contributed by atoms with E-state index in [9.17, 15) is 8.42 Å². The van der Waals surface area contributed by atoms with Crippen molar-refractivity contribution < 1.29 is 27.9 Å². The number of nitrogens with zero attached hydrogens (tertiary/aromatic N) is 1. The number of ether oxygens (including phenoxy) is 2. The van der Waals surface area contributed by atoms with Crippen molar-refractivity contribution in [3.8, 4) is 17.2 Å². The summed E-state index contributed by atoms with van der Waals surface area (Å²) in [4.78, 5) is 0.518. The van der Waals surface area contributed by atoms with Crippen LogP contribution < -0.4 is 9.47 Å². The van der Waals surface area contributed by atoms with E-state index in [1.165, 1.54) is 11.1 Å². The lowest BCUT2D eigenvalue weighted by molar-refractivity contribution is -0.884. The highest BCUT2D eigenvalue weighted by molar-refractivity contribution is 7.91. The third-order valence-electron chi connectivity index (χ3n) is 6.93. The quantitative estimate of drug-likeness (QED) is 0.206. The van der Waals surface area contributed by atoms with Crippen LogP contribution in [0.1, 0.15) is 36.1 Å². The average Bonchev–Trinajstić information content (AvgIpc) is 2.89. The molecule has 0 unspecified atom stereocenters. The highest BCUT2D eigenvalue weighted by Crippen LogP contribution is 2.37. The van der Waals surface area contributed by atoms with Crippen LogP contribution in [0.4, 0.5) is 0 Å². The van der Waals surface area contributed by atoms with Crippen molar-refractivity contribution >= 4 is 9.84 Å². The molecule has 212 valence electrons. The minimum Gasteiger partial charge on any atom is -0.870 e. The van der Waals surface area contributed by atoms with Gasteiger partial charge in [-0.1, -0.05) is 49.7 Å². The van der Waals surface area contributed by atoms with E-state index in [-0.39, 0.29) is 20.7 Å². The van der Waals surface area contributed by atoms with Gasteiger partial charge in [-0.05, 0) is 78.7 Å². The van der Waals surface area contributed by atoms with Crippen molar-refractivity contribution in [2.75, 3.05) is 28.3 Å². The first-order chi connectivity index (χ1) is 18.3. The molecule has 4 aromatic rings. The molecule has 0 saturated heterocycles. The minimum atomic E-state index is -3.60. The highest BCUT2D eigenvalue weighted by atomic mass is 32.2. The van der Waals surface area contributed by atoms with E-state index in [0.717, 1.165) is 33.7 Å². The van der Waals surface area contributed by atoms with Crippen molar-refractivity contribution in [2.45, 2.75) is 42.5 Å². The molecule has 7 heteroatoms. The third-order valence-corrected chi connectivity index (χ3v) is 8.72. The zero-order chi connectivity index (χ0) is 28.4. The van der Waals surface area contributed by atoms with Gasteiger partial charge in [0.25, 0.3) is 0 Å². The SMILES string of the molecule is COc1ccc(C(C)(C)c2ccc(Oc3ccc(S(=O)(=O)c4ccc(C)cc4)cc3)c(C[N+](C)(C)C)c2)cc1.[OH-]. The first-order valence-corrected chi connectivity index (χ1v) is 14.5. The minimum absolute atomic E-state index is 0. The van der Waals surface area contributed by atoms with Crippen molar-refractivity contribution in [2.24, 2.45) is 0 Å². The maximum absolute atomic E-state index is 13.1. The number of benzene rings is 4. The van der Waals surface area contributed by atoms with E-state index in [2.05, 4.69) is 59.3 Å². The van der Waals surface area contributed by atoms with Gasteiger partial charge >= 0.3 is 0 Å². The standard InChI is InChI=1S/C33H38NO4S.H2O/c1-24-8-17-30(18-9-24)39(35,36)31-19-15-29(16-20-31)38-32-21-12-27(22-25(32)23-34(4,5)6)33(2,3)26-10-13-28(37-7)14-11-26;/h8-22H,23H2,1-7H3;1H2/q+1;/p-1. The number of sulfone groups is 1. The van der Waals surface area contributed by atoms with Crippen LogP contribution >= 0.6 is 0 Å². The smallest absolute Gasteiger partial charge is 0.206 e. The predicted octanol–water partition coefficient (Wildman–Crippen LogP) is 6.98. The second-order valence-corrected chi connectivity index (χ2v) is 13.5. The van der Waals surface area contributed by atoms with Gasteiger partial charge in [0.1, 0.15) is 23.8 Å². The van der Waals surface area contributed by atoms with Crippen molar-refractivity contribution in [1.82, 2.24) is 0 Å². The summed E-state index contributed by atoms with van der Waals surface area (Å²) < 4.78 is 38.5. The average molecular weight is 562 g/mol. The van der Waals surface area contributed by atoms with Crippen LogP contribution in [-0.2, 0) is 21.8 Å². The molecule has 0 fully saturated rings. The Morgan fingerprint density at radius 3 is 1.75 bits per heavy atom. The van der Waals surface area contributed by atoms with E-state index in [0.29, 0.717) is 5.75 Å². The number of rotatable bonds is 9. The van der Waals surface area contributed by atoms with Gasteiger partial charge in [0, 0.05) is 11.0 Å². The fraction of sp³-hybridized carbons (Fsp3) is 0.273. The van der Waals surface area contributed by atoms with Gasteiger partial charge in [-0.2, -0.15) is 0 Å². The Kier molecular flexibility index (Phi) is 9.14. The fourth-order valence-electron chi connectivity index (χ4n) is 4.54. The Morgan fingerprint density at radius 1 is 0.725 bits per heavy atom. The molecule has 0 aromatic heterocycles. The normalized spacial score (nSPS) is 12.0. The topological polar surface area (TPSA) is 82.6 Å². The van der Waals surface area contributed by atoms with E-state index in [1.54, 1.807) is 55.6 Å². The molecule has 4 aromatic carbocycles. The maximum atomic E-state index is 13.1. The summed E-state index contributed by atoms with van der Waals surface area (Å²) in [6.07, 6.45) is 0. The molecule has 6 nitrogen and oxygen atoms in total. The monoisotopic (exact) mass is 561 g/mol. The van der Waals surface area contributed by atoms with Gasteiger partial charge in [0.05, 0.1) is 38.0 Å². The zero-order valence-electron chi connectivity index (χ0n) is 24.3. The van der Waals surface area contributed by atoms with Crippen LogP contribution in [-0.4, -0.2) is 46.6 Å². The van der Waals surface area contributed by atoms with Crippen molar-refractivity contribution in [3.05, 3.63) is 113 Å². The van der Waals surface area contributed by atoms with Crippen LogP contribution in [0.3, 0.4) is 0 Å². The van der Waals surface area contributed by atoms with Crippen molar-refractivity contribution in [1.29, 1.82) is 0 Å². The Labute approximate surface area is 238 Å². The predicted molar refractivity (Wildman–Crippen MR) is 158 cm³/mol. The third kappa shape index (κ3) is 6.91. The van der Waals surface area contributed by atoms with Gasteiger partial charge in [-0.25, -0.2) is 8.42 Å². The van der Waals surface area contributed by atoms with Crippen LogP contribution in [0.25, 0.3) is 0 Å². The van der Waals surface area contributed by atoms with Crippen molar-refractivity contribution in [3.63, 3.8) is 0 Å². The van der Waals surface area contributed by atoms with Gasteiger partial charge < -0.3 is 19.4 Å². The first kappa shape index (κ1) is 30.9. The lowest BCUT2D eigenvalue weighted by atomic mass is 9.77. The largest absolute Gasteiger partial charge is 0.870 e. The lowest BCUT2D eigenvalue weighted by Crippen LogP contribution is -2.33. The number of quaternary nitrogens is 1. The van der Waals surface area contributed by atoms with Crippen LogP contribution in [0.2, 0.25) is 0 Å². The molecular formula is C33H39NO5S. The Morgan fingerprint density at radius 2 is 1.23 bits per heavy atom. The second kappa shape index (κ2) is 11.8. The summed E-state index contributed by atoms with van der Waals surface area (Å²) in [5, 5.41) is 0. The summed E-state index contributed by atoms with van der Waals surface area (Å²) in [6, 6.07) is 28.1. The summed E-state index contributed by atoms with van der Waals surface area (Å²) in [5.74, 6) is 2.18. The second-order valence-electron chi connectivity index (χ2n) is 11.5. The van der Waals surface area contributed by atoms with Crippen LogP contribution in [0, 0.1) is 6.92 Å². The Balaban J connectivity index is 0.00000441. The number of aryl methyl sites for hydroxylation is 1. The van der Waals surface area contributed by atoms with Gasteiger partial charge in [0.2, 0.25) is 9.84 Å². The number of hydrogen-bond acceptors (Lipinski definition) is 5. The molecular weight excluding hydrogens is 522 g/mol. The molecule has 0 aliphatic carbocycles. The van der Waals surface area contributed by atoms with E-state index < -0.39 is 9.84 Å². The molecule has 0 atom stereocenters. The Hall–Kier alpha value is -3.65. The molecule has 40 heavy (non-hydrogen) atoms.